The van der Waals surface area contributed by atoms with E-state index >= 15 is 4.79 Å². The Bertz CT molecular complexity index is 2750. The third-order valence-corrected chi connectivity index (χ3v) is 25.0. The average molecular weight is 1420 g/mol. The van der Waals surface area contributed by atoms with Gasteiger partial charge in [-0.3, -0.25) is 4.79 Å². The van der Waals surface area contributed by atoms with E-state index in [-0.39, 0.29) is 30.6 Å². The van der Waals surface area contributed by atoms with Crippen LogP contribution in [-0.4, -0.2) is 350 Å². The second-order valence-corrected chi connectivity index (χ2v) is 31.1. The molecule has 11 aliphatic rings. The van der Waals surface area contributed by atoms with E-state index in [0.717, 1.165) is 5.57 Å². The number of aliphatic hydroxyl groups is 21. The van der Waals surface area contributed by atoms with Gasteiger partial charge in [-0.2, -0.15) is 0 Å². The molecule has 34 heteroatoms. The summed E-state index contributed by atoms with van der Waals surface area (Å²) in [6.45, 7) is 7.00. The first-order valence-electron chi connectivity index (χ1n) is 34.0. The highest BCUT2D eigenvalue weighted by Gasteiger charge is 2.74. The van der Waals surface area contributed by atoms with E-state index in [1.54, 1.807) is 0 Å². The van der Waals surface area contributed by atoms with Gasteiger partial charge in [-0.1, -0.05) is 46.3 Å². The molecule has 0 radical (unpaired) electrons. The number of fused-ring (bicyclic) bond motifs is 7. The van der Waals surface area contributed by atoms with Crippen molar-refractivity contribution in [2.24, 2.45) is 50.2 Å². The Balaban J connectivity index is 0.788. The van der Waals surface area contributed by atoms with Crippen LogP contribution in [0.4, 0.5) is 0 Å². The molecule has 5 aliphatic carbocycles. The number of rotatable bonds is 17. The molecule has 0 amide bonds. The number of allylic oxidation sites excluding steroid dienone is 2. The third kappa shape index (κ3) is 13.0. The summed E-state index contributed by atoms with van der Waals surface area (Å²) in [5, 5.41) is 232. The van der Waals surface area contributed by atoms with Crippen molar-refractivity contribution in [1.82, 2.24) is 0 Å². The van der Waals surface area contributed by atoms with Gasteiger partial charge in [0.25, 0.3) is 0 Å². The molecule has 6 heterocycles. The standard InChI is InChI=1S/C64H104O34/c1-23-49(95-54-44(81)35(72)27(69)17-87-54)43(80)48(85)55(91-23)96-50-36(73)28(70)18-88-57(50)98-58(86)64-12-11-59(2,3)13-25(64)24-7-8-32-60(4)14-26(68)51(63(21-66,22-67)33(60)9-10-61(32,5)62(24,6)15-34(64)71)97-56-47(84)42(79)39(76)31(94-56)20-90-53-46(83)41(78)38(75)30(93-53)19-89-52-45(82)40(77)37(74)29(16-65)92-52/h7,23,25-57,65-85H,8-22H2,1-6H3/t23-,25-,26-,27+,28-,29+,30+,31+,32+,33+,34?,35-,36-,37+,38+,39+,40-,41-,42-,43-,44+,45+,46+,47+,48+,49-,50+,51-,52+,53+,54-,55-,56-,57-,60+,61+,62?,64+/m0/s1. The number of hydrogen-bond acceptors (Lipinski definition) is 34. The maximum Gasteiger partial charge on any atom is 0.317 e. The maximum atomic E-state index is 15.5. The van der Waals surface area contributed by atoms with Crippen molar-refractivity contribution in [3.05, 3.63) is 11.6 Å². The quantitative estimate of drug-likeness (QED) is 0.0365. The molecule has 10 fully saturated rings. The van der Waals surface area contributed by atoms with E-state index in [4.69, 9.17) is 56.8 Å². The largest absolute Gasteiger partial charge is 0.432 e. The molecule has 2 unspecified atom stereocenters. The third-order valence-electron chi connectivity index (χ3n) is 25.0. The fourth-order valence-corrected chi connectivity index (χ4v) is 19.0. The molecule has 11 rings (SSSR count). The number of aliphatic hydroxyl groups excluding tert-OH is 21. The summed E-state index contributed by atoms with van der Waals surface area (Å²) in [6, 6.07) is 0. The lowest BCUT2D eigenvalue weighted by Gasteiger charge is -2.72. The smallest absolute Gasteiger partial charge is 0.317 e. The number of esters is 1. The minimum absolute atomic E-state index is 0.0115. The van der Waals surface area contributed by atoms with Gasteiger partial charge in [-0.15, -0.1) is 0 Å². The lowest BCUT2D eigenvalue weighted by molar-refractivity contribution is -0.369. The van der Waals surface area contributed by atoms with Crippen LogP contribution in [-0.2, 0) is 61.6 Å². The van der Waals surface area contributed by atoms with Gasteiger partial charge < -0.3 is 164 Å². The Labute approximate surface area is 564 Å². The number of hydrogen-bond donors (Lipinski definition) is 21. The van der Waals surface area contributed by atoms with Gasteiger partial charge in [0.1, 0.15) is 127 Å². The molecular weight excluding hydrogens is 1310 g/mol. The second-order valence-electron chi connectivity index (χ2n) is 31.1. The summed E-state index contributed by atoms with van der Waals surface area (Å²) < 4.78 is 70.0. The molecule has 564 valence electrons. The topological polar surface area (TPSA) is 553 Å². The van der Waals surface area contributed by atoms with Crippen LogP contribution in [0.25, 0.3) is 0 Å². The van der Waals surface area contributed by atoms with Crippen LogP contribution >= 0.6 is 0 Å². The Morgan fingerprint density at radius 2 is 1.01 bits per heavy atom. The van der Waals surface area contributed by atoms with Gasteiger partial charge in [-0.25, -0.2) is 0 Å². The SMILES string of the molecule is C[C@@H]1O[C@@H](O[C@H]2[C@H](OC(=O)[C@]34CCC(C)(C)C[C@H]3C3=CC[C@@H]5[C@@]6(C)C[C@H](O)[C@H](O[C@@H]7O[C@H](CO[C@@H]8O[C@H](CO[C@@H]9O[C@H](CO)[C@@H](O)[C@H](O)[C@H]9O)[C@@H](O)[C@H](O)[C@H]8O)[C@@H](O)[C@H](O)[C@H]7O)C(CO)(CO)[C@@H]6CC[C@@]5(C)C3(C)CC4O)OC[C@H](O)[C@@H]2O)[C@H](O)[C@H](O)[C@H]1O[C@@H]1OC[C@@H](O)[C@H](O)[C@H]1O. The van der Waals surface area contributed by atoms with E-state index < -0.39 is 281 Å². The van der Waals surface area contributed by atoms with E-state index in [0.29, 0.717) is 32.1 Å². The zero-order valence-electron chi connectivity index (χ0n) is 55.5. The molecule has 34 nitrogen and oxygen atoms in total. The molecule has 0 aromatic carbocycles. The van der Waals surface area contributed by atoms with Crippen LogP contribution < -0.4 is 0 Å². The van der Waals surface area contributed by atoms with E-state index in [1.165, 1.54) is 6.92 Å². The average Bonchev–Trinajstić information content (AvgIpc) is 0.669. The van der Waals surface area contributed by atoms with Gasteiger partial charge in [0.05, 0.1) is 70.7 Å². The highest BCUT2D eigenvalue weighted by Crippen LogP contribution is 2.76. The van der Waals surface area contributed by atoms with Crippen molar-refractivity contribution >= 4 is 5.97 Å². The molecular formula is C64H104O34. The van der Waals surface area contributed by atoms with Crippen molar-refractivity contribution in [3.63, 3.8) is 0 Å². The molecule has 0 aromatic rings. The summed E-state index contributed by atoms with van der Waals surface area (Å²) in [4.78, 5) is 15.5. The number of carbonyl (C=O) groups is 1. The normalized spacial score (nSPS) is 54.1. The van der Waals surface area contributed by atoms with Crippen LogP contribution in [0, 0.1) is 50.2 Å². The van der Waals surface area contributed by atoms with E-state index in [2.05, 4.69) is 33.8 Å². The molecule has 0 spiro atoms. The number of ether oxygens (including phenoxy) is 12. The van der Waals surface area contributed by atoms with Gasteiger partial charge in [0, 0.05) is 5.41 Å². The molecule has 6 aliphatic heterocycles. The highest BCUT2D eigenvalue weighted by atomic mass is 16.8. The highest BCUT2D eigenvalue weighted by molar-refractivity contribution is 5.80. The van der Waals surface area contributed by atoms with Crippen molar-refractivity contribution in [1.29, 1.82) is 0 Å². The van der Waals surface area contributed by atoms with E-state index in [1.807, 2.05) is 6.92 Å². The Morgan fingerprint density at radius 3 is 1.60 bits per heavy atom. The van der Waals surface area contributed by atoms with Crippen LogP contribution in [0.2, 0.25) is 0 Å². The maximum absolute atomic E-state index is 15.5. The zero-order chi connectivity index (χ0) is 71.6. The Kier molecular flexibility index (Phi) is 22.8. The second kappa shape index (κ2) is 29.0. The minimum Gasteiger partial charge on any atom is -0.432 e. The van der Waals surface area contributed by atoms with Crippen LogP contribution in [0.3, 0.4) is 0 Å². The molecule has 0 bridgehead atoms. The predicted molar refractivity (Wildman–Crippen MR) is 320 cm³/mol. The zero-order valence-corrected chi connectivity index (χ0v) is 55.5. The first-order valence-corrected chi connectivity index (χ1v) is 34.0. The molecule has 4 saturated carbocycles. The first kappa shape index (κ1) is 77.0. The summed E-state index contributed by atoms with van der Waals surface area (Å²) in [7, 11) is 0. The molecule has 6 saturated heterocycles. The summed E-state index contributed by atoms with van der Waals surface area (Å²) >= 11 is 0. The minimum atomic E-state index is -2.02. The number of carbonyl (C=O) groups excluding carboxylic acids is 1. The Hall–Kier alpha value is -2.07. The molecule has 98 heavy (non-hydrogen) atoms. The van der Waals surface area contributed by atoms with Crippen molar-refractivity contribution in [3.8, 4) is 0 Å². The summed E-state index contributed by atoms with van der Waals surface area (Å²) in [6.07, 6.45) is -48.7. The Morgan fingerprint density at radius 1 is 0.500 bits per heavy atom. The lowest BCUT2D eigenvalue weighted by atomic mass is 9.33. The lowest BCUT2D eigenvalue weighted by Crippen LogP contribution is -2.71. The van der Waals surface area contributed by atoms with Gasteiger partial charge >= 0.3 is 5.97 Å². The van der Waals surface area contributed by atoms with Crippen LogP contribution in [0.15, 0.2) is 11.6 Å². The van der Waals surface area contributed by atoms with Crippen molar-refractivity contribution < 1.29 is 169 Å². The first-order chi connectivity index (χ1) is 46.0. The van der Waals surface area contributed by atoms with Crippen LogP contribution in [0.1, 0.15) is 92.9 Å². The van der Waals surface area contributed by atoms with E-state index in [9.17, 15) is 107 Å². The van der Waals surface area contributed by atoms with Gasteiger partial charge in [-0.05, 0) is 97.7 Å². The molecule has 21 N–H and O–H groups in total. The fourth-order valence-electron chi connectivity index (χ4n) is 19.0. The summed E-state index contributed by atoms with van der Waals surface area (Å²) in [5.41, 5.74) is -5.34. The predicted octanol–water partition coefficient (Wildman–Crippen LogP) is -8.19. The van der Waals surface area contributed by atoms with Gasteiger partial charge in [0.15, 0.2) is 37.6 Å². The monoisotopic (exact) mass is 1420 g/mol. The van der Waals surface area contributed by atoms with Gasteiger partial charge in [0.2, 0.25) is 6.29 Å². The fraction of sp³-hybridized carbons (Fsp3) is 0.953. The molecule has 38 atom stereocenters. The summed E-state index contributed by atoms with van der Waals surface area (Å²) in [5.74, 6) is -2.54. The van der Waals surface area contributed by atoms with Crippen molar-refractivity contribution in [2.45, 2.75) is 283 Å². The van der Waals surface area contributed by atoms with Crippen LogP contribution in [0.5, 0.6) is 0 Å². The molecule has 0 aromatic heterocycles. The van der Waals surface area contributed by atoms with Crippen molar-refractivity contribution in [2.75, 3.05) is 46.2 Å².